The molecule has 0 bridgehead atoms. The lowest BCUT2D eigenvalue weighted by molar-refractivity contribution is 0.768. The summed E-state index contributed by atoms with van der Waals surface area (Å²) in [5.41, 5.74) is 3.89. The smallest absolute Gasteiger partial charge is 0.0654 e. The fourth-order valence-electron chi connectivity index (χ4n) is 1.70. The monoisotopic (exact) mass is 172 g/mol. The highest BCUT2D eigenvalue weighted by Gasteiger charge is 2.04. The minimum atomic E-state index is 0.212. The first-order chi connectivity index (χ1) is 6.13. The van der Waals surface area contributed by atoms with Crippen molar-refractivity contribution < 1.29 is 0 Å². The zero-order valence-electron chi connectivity index (χ0n) is 8.80. The Morgan fingerprint density at radius 3 is 2.15 bits per heavy atom. The molecule has 0 saturated carbocycles. The molecule has 0 fully saturated rings. The zero-order valence-corrected chi connectivity index (χ0v) is 8.80. The van der Waals surface area contributed by atoms with E-state index in [1.807, 2.05) is 0 Å². The summed E-state index contributed by atoms with van der Waals surface area (Å²) in [6, 6.07) is 6.56. The normalized spacial score (nSPS) is 12.8. The van der Waals surface area contributed by atoms with E-state index in [1.165, 1.54) is 16.7 Å². The number of benzene rings is 1. The van der Waals surface area contributed by atoms with Crippen molar-refractivity contribution in [2.24, 2.45) is 0 Å². The van der Waals surface area contributed by atoms with Crippen molar-refractivity contribution in [2.45, 2.75) is 39.4 Å². The van der Waals surface area contributed by atoms with Crippen LogP contribution in [0.3, 0.4) is 0 Å². The second-order valence-electron chi connectivity index (χ2n) is 3.82. The summed E-state index contributed by atoms with van der Waals surface area (Å²) < 4.78 is 0. The van der Waals surface area contributed by atoms with Gasteiger partial charge in [-0.05, 0) is 13.8 Å². The van der Waals surface area contributed by atoms with Gasteiger partial charge in [0.1, 0.15) is 0 Å². The van der Waals surface area contributed by atoms with Crippen LogP contribution in [-0.4, -0.2) is 7.85 Å². The molecule has 1 aromatic carbocycles. The van der Waals surface area contributed by atoms with Crippen molar-refractivity contribution in [3.63, 3.8) is 0 Å². The van der Waals surface area contributed by atoms with Crippen molar-refractivity contribution in [3.8, 4) is 0 Å². The molecule has 0 aliphatic carbocycles. The molecule has 68 valence electrons. The molecule has 0 saturated heterocycles. The second-order valence-corrected chi connectivity index (χ2v) is 3.82. The highest BCUT2D eigenvalue weighted by atomic mass is 14.1. The van der Waals surface area contributed by atoms with Crippen molar-refractivity contribution in [1.29, 1.82) is 0 Å². The van der Waals surface area contributed by atoms with Crippen LogP contribution in [0.5, 0.6) is 0 Å². The maximum atomic E-state index is 6.04. The maximum Gasteiger partial charge on any atom is 0.0763 e. The lowest BCUT2D eigenvalue weighted by Gasteiger charge is -2.12. The summed E-state index contributed by atoms with van der Waals surface area (Å²) in [5, 5.41) is 0. The predicted molar refractivity (Wildman–Crippen MR) is 59.3 cm³/mol. The van der Waals surface area contributed by atoms with E-state index in [1.54, 1.807) is 0 Å². The quantitative estimate of drug-likeness (QED) is 0.613. The number of hydrogen-bond acceptors (Lipinski definition) is 0. The number of aryl methyl sites for hydroxylation is 2. The first-order valence-electron chi connectivity index (χ1n) is 4.97. The summed E-state index contributed by atoms with van der Waals surface area (Å²) >= 11 is 0. The van der Waals surface area contributed by atoms with Gasteiger partial charge < -0.3 is 0 Å². The van der Waals surface area contributed by atoms with Crippen molar-refractivity contribution in [1.82, 2.24) is 0 Å². The Morgan fingerprint density at radius 1 is 1.15 bits per heavy atom. The lowest BCUT2D eigenvalue weighted by Crippen LogP contribution is -1.98. The van der Waals surface area contributed by atoms with Crippen LogP contribution in [0, 0.1) is 13.8 Å². The van der Waals surface area contributed by atoms with Crippen LogP contribution in [0.15, 0.2) is 18.2 Å². The van der Waals surface area contributed by atoms with Gasteiger partial charge in [0.25, 0.3) is 0 Å². The van der Waals surface area contributed by atoms with E-state index >= 15 is 0 Å². The van der Waals surface area contributed by atoms with E-state index < -0.39 is 0 Å². The van der Waals surface area contributed by atoms with E-state index in [0.717, 1.165) is 12.8 Å². The highest BCUT2D eigenvalue weighted by molar-refractivity contribution is 6.12. The fraction of sp³-hybridized carbons (Fsp3) is 0.500. The minimum Gasteiger partial charge on any atom is -0.0654 e. The highest BCUT2D eigenvalue weighted by Crippen LogP contribution is 2.20. The molecule has 1 heteroatoms. The molecule has 0 nitrogen and oxygen atoms in total. The van der Waals surface area contributed by atoms with Crippen LogP contribution >= 0.6 is 0 Å². The largest absolute Gasteiger partial charge is 0.0763 e. The molecule has 1 aromatic rings. The van der Waals surface area contributed by atoms with Crippen LogP contribution in [0.25, 0.3) is 0 Å². The Morgan fingerprint density at radius 2 is 1.69 bits per heavy atom. The van der Waals surface area contributed by atoms with Gasteiger partial charge in [0.2, 0.25) is 0 Å². The Balaban J connectivity index is 2.87. The summed E-state index contributed by atoms with van der Waals surface area (Å²) in [6.45, 7) is 6.41. The number of hydrogen-bond donors (Lipinski definition) is 0. The van der Waals surface area contributed by atoms with Crippen LogP contribution in [0.4, 0.5) is 0 Å². The molecule has 1 unspecified atom stereocenters. The first kappa shape index (κ1) is 10.4. The van der Waals surface area contributed by atoms with Gasteiger partial charge in [-0.25, -0.2) is 0 Å². The summed E-state index contributed by atoms with van der Waals surface area (Å²) in [5.74, 6) is 0.212. The lowest BCUT2D eigenvalue weighted by atomic mass is 9.77. The minimum absolute atomic E-state index is 0.212. The van der Waals surface area contributed by atoms with Gasteiger partial charge in [-0.3, -0.25) is 0 Å². The molecule has 0 aromatic heterocycles. The molecular formula is C12H17B. The molecule has 0 heterocycles. The standard InChI is InChI=1S/C12H17B/c1-4-5-12(13)11-7-9(2)6-10(3)8-11/h6-8,12H,4-5H2,1-3H3. The first-order valence-corrected chi connectivity index (χ1v) is 4.97. The molecule has 2 radical (unpaired) electrons. The van der Waals surface area contributed by atoms with Crippen LogP contribution in [0.1, 0.15) is 42.3 Å². The summed E-state index contributed by atoms with van der Waals surface area (Å²) in [6.07, 6.45) is 2.22. The van der Waals surface area contributed by atoms with Gasteiger partial charge in [-0.2, -0.15) is 0 Å². The third-order valence-electron chi connectivity index (χ3n) is 2.27. The van der Waals surface area contributed by atoms with E-state index in [-0.39, 0.29) is 5.82 Å². The molecule has 0 amide bonds. The molecule has 0 N–H and O–H groups in total. The van der Waals surface area contributed by atoms with Crippen molar-refractivity contribution in [2.75, 3.05) is 0 Å². The summed E-state index contributed by atoms with van der Waals surface area (Å²) in [4.78, 5) is 0. The zero-order chi connectivity index (χ0) is 9.84. The fourth-order valence-corrected chi connectivity index (χ4v) is 1.70. The Hall–Kier alpha value is -0.715. The average molecular weight is 172 g/mol. The van der Waals surface area contributed by atoms with Crippen LogP contribution in [0.2, 0.25) is 0 Å². The average Bonchev–Trinajstić information content (AvgIpc) is 2.03. The Kier molecular flexibility index (Phi) is 3.59. The van der Waals surface area contributed by atoms with Crippen LogP contribution < -0.4 is 0 Å². The van der Waals surface area contributed by atoms with Gasteiger partial charge in [0, 0.05) is 0 Å². The predicted octanol–water partition coefficient (Wildman–Crippen LogP) is 3.31. The molecule has 1 rings (SSSR count). The van der Waals surface area contributed by atoms with Gasteiger partial charge in [-0.1, -0.05) is 60.5 Å². The molecule has 13 heavy (non-hydrogen) atoms. The number of rotatable bonds is 3. The Bertz CT molecular complexity index is 258. The van der Waals surface area contributed by atoms with Gasteiger partial charge in [-0.15, -0.1) is 0 Å². The van der Waals surface area contributed by atoms with Gasteiger partial charge in [0.15, 0.2) is 0 Å². The van der Waals surface area contributed by atoms with E-state index in [0.29, 0.717) is 0 Å². The SMILES string of the molecule is [B]C(CCC)c1cc(C)cc(C)c1. The van der Waals surface area contributed by atoms with E-state index in [4.69, 9.17) is 7.85 Å². The molecule has 1 atom stereocenters. The van der Waals surface area contributed by atoms with Gasteiger partial charge in [0.05, 0.1) is 7.85 Å². The maximum absolute atomic E-state index is 6.04. The third kappa shape index (κ3) is 2.91. The second kappa shape index (κ2) is 4.50. The third-order valence-corrected chi connectivity index (χ3v) is 2.27. The molecule has 0 aliphatic rings. The molecule has 0 spiro atoms. The van der Waals surface area contributed by atoms with Crippen molar-refractivity contribution >= 4 is 7.85 Å². The van der Waals surface area contributed by atoms with E-state index in [9.17, 15) is 0 Å². The topological polar surface area (TPSA) is 0 Å². The van der Waals surface area contributed by atoms with Crippen LogP contribution in [-0.2, 0) is 0 Å². The van der Waals surface area contributed by atoms with E-state index in [2.05, 4.69) is 39.0 Å². The molecular weight excluding hydrogens is 155 g/mol. The summed E-state index contributed by atoms with van der Waals surface area (Å²) in [7, 11) is 6.04. The van der Waals surface area contributed by atoms with Crippen molar-refractivity contribution in [3.05, 3.63) is 34.9 Å². The Labute approximate surface area is 82.8 Å². The molecule has 0 aliphatic heterocycles. The van der Waals surface area contributed by atoms with Gasteiger partial charge >= 0.3 is 0 Å².